The van der Waals surface area contributed by atoms with Crippen LogP contribution in [0, 0.1) is 17.3 Å². The van der Waals surface area contributed by atoms with Crippen molar-refractivity contribution >= 4 is 17.8 Å². The summed E-state index contributed by atoms with van der Waals surface area (Å²) in [7, 11) is 0. The minimum Gasteiger partial charge on any atom is -0.461 e. The van der Waals surface area contributed by atoms with Crippen LogP contribution in [0.3, 0.4) is 0 Å². The maximum atomic E-state index is 13.8. The Morgan fingerprint density at radius 3 is 2.38 bits per heavy atom. The number of nitrogens with one attached hydrogen (secondary N) is 1. The summed E-state index contributed by atoms with van der Waals surface area (Å²) in [5.41, 5.74) is 8.32. The molecule has 1 N–H and O–H groups in total. The summed E-state index contributed by atoms with van der Waals surface area (Å²) in [4.78, 5) is 42.4. The SMILES string of the molecule is CC(C)(C)OC(=O)C(CCCCN=[N+]=[N-])CC1(C(=O)NC2CCC(C(=O)OCc3ccccc3)CC2)CCCC1. The van der Waals surface area contributed by atoms with E-state index in [0.717, 1.165) is 50.5 Å². The number of rotatable bonds is 13. The summed E-state index contributed by atoms with van der Waals surface area (Å²) in [5.74, 6) is -0.919. The van der Waals surface area contributed by atoms with Gasteiger partial charge in [0.05, 0.1) is 17.3 Å². The summed E-state index contributed by atoms with van der Waals surface area (Å²) in [6.07, 6.45) is 8.80. The predicted molar refractivity (Wildman–Crippen MR) is 153 cm³/mol. The highest BCUT2D eigenvalue weighted by Gasteiger charge is 2.45. The number of ether oxygens (including phenoxy) is 2. The molecular weight excluding hydrogens is 508 g/mol. The Hall–Kier alpha value is -3.06. The zero-order chi connectivity index (χ0) is 29.0. The number of carbonyl (C=O) groups excluding carboxylic acids is 3. The van der Waals surface area contributed by atoms with Gasteiger partial charge in [0.25, 0.3) is 0 Å². The van der Waals surface area contributed by atoms with Crippen LogP contribution in [-0.2, 0) is 30.5 Å². The maximum absolute atomic E-state index is 13.8. The van der Waals surface area contributed by atoms with Gasteiger partial charge in [0.15, 0.2) is 0 Å². The van der Waals surface area contributed by atoms with Gasteiger partial charge in [-0.05, 0) is 89.7 Å². The van der Waals surface area contributed by atoms with Crippen LogP contribution in [0.4, 0.5) is 0 Å². The molecule has 0 radical (unpaired) electrons. The molecule has 1 amide bonds. The number of hydrogen-bond acceptors (Lipinski definition) is 6. The first-order chi connectivity index (χ1) is 19.1. The lowest BCUT2D eigenvalue weighted by atomic mass is 9.75. The Bertz CT molecular complexity index is 1020. The number of esters is 2. The lowest BCUT2D eigenvalue weighted by Crippen LogP contribution is -2.47. The molecule has 0 aromatic heterocycles. The number of unbranched alkanes of at least 4 members (excludes halogenated alkanes) is 1. The molecule has 2 aliphatic rings. The number of amides is 1. The van der Waals surface area contributed by atoms with Crippen molar-refractivity contribution in [2.24, 2.45) is 22.4 Å². The lowest BCUT2D eigenvalue weighted by molar-refractivity contribution is -0.162. The van der Waals surface area contributed by atoms with Crippen molar-refractivity contribution in [3.63, 3.8) is 0 Å². The van der Waals surface area contributed by atoms with Crippen LogP contribution in [0.15, 0.2) is 35.4 Å². The average molecular weight is 555 g/mol. The summed E-state index contributed by atoms with van der Waals surface area (Å²) >= 11 is 0. The molecule has 2 aliphatic carbocycles. The highest BCUT2D eigenvalue weighted by molar-refractivity contribution is 5.84. The van der Waals surface area contributed by atoms with Crippen LogP contribution in [0.5, 0.6) is 0 Å². The Balaban J connectivity index is 1.56. The lowest BCUT2D eigenvalue weighted by Gasteiger charge is -2.35. The fourth-order valence-corrected chi connectivity index (χ4v) is 6.01. The first kappa shape index (κ1) is 31.5. The first-order valence-corrected chi connectivity index (χ1v) is 14.9. The second-order valence-electron chi connectivity index (χ2n) is 12.5. The van der Waals surface area contributed by atoms with Gasteiger partial charge in [0.1, 0.15) is 12.2 Å². The zero-order valence-electron chi connectivity index (χ0n) is 24.4. The van der Waals surface area contributed by atoms with E-state index in [1.807, 2.05) is 51.1 Å². The van der Waals surface area contributed by atoms with E-state index in [0.29, 0.717) is 38.6 Å². The van der Waals surface area contributed by atoms with Crippen molar-refractivity contribution in [1.29, 1.82) is 0 Å². The van der Waals surface area contributed by atoms with Gasteiger partial charge in [0, 0.05) is 17.5 Å². The van der Waals surface area contributed by atoms with E-state index >= 15 is 0 Å². The third kappa shape index (κ3) is 9.84. The van der Waals surface area contributed by atoms with E-state index in [1.54, 1.807) is 0 Å². The van der Waals surface area contributed by atoms with Crippen LogP contribution in [0.2, 0.25) is 0 Å². The van der Waals surface area contributed by atoms with E-state index in [1.165, 1.54) is 0 Å². The molecule has 0 aliphatic heterocycles. The van der Waals surface area contributed by atoms with Crippen LogP contribution in [0.1, 0.15) is 103 Å². The van der Waals surface area contributed by atoms with Crippen LogP contribution in [0.25, 0.3) is 10.4 Å². The Morgan fingerprint density at radius 2 is 1.75 bits per heavy atom. The first-order valence-electron chi connectivity index (χ1n) is 14.9. The minimum absolute atomic E-state index is 0.0203. The van der Waals surface area contributed by atoms with E-state index in [4.69, 9.17) is 15.0 Å². The molecule has 2 fully saturated rings. The second-order valence-corrected chi connectivity index (χ2v) is 12.5. The molecule has 1 aromatic rings. The van der Waals surface area contributed by atoms with E-state index in [2.05, 4.69) is 15.3 Å². The fourth-order valence-electron chi connectivity index (χ4n) is 6.01. The minimum atomic E-state index is -0.605. The Morgan fingerprint density at radius 1 is 1.07 bits per heavy atom. The smallest absolute Gasteiger partial charge is 0.309 e. The van der Waals surface area contributed by atoms with Crippen molar-refractivity contribution < 1.29 is 23.9 Å². The standard InChI is InChI=1S/C31H46N4O5/c1-30(2,3)40-28(37)25(13-7-10-20-33-35-32)21-31(18-8-9-19-31)29(38)34-26-16-14-24(15-17-26)27(36)39-22-23-11-5-4-6-12-23/h4-6,11-12,24-26H,7-10,13-22H2,1-3H3,(H,34,38). The largest absolute Gasteiger partial charge is 0.461 e. The molecule has 1 unspecified atom stereocenters. The van der Waals surface area contributed by atoms with Crippen LogP contribution in [-0.4, -0.2) is 36.0 Å². The highest BCUT2D eigenvalue weighted by Crippen LogP contribution is 2.45. The fraction of sp³-hybridized carbons (Fsp3) is 0.710. The molecule has 220 valence electrons. The van der Waals surface area contributed by atoms with E-state index < -0.39 is 11.0 Å². The summed E-state index contributed by atoms with van der Waals surface area (Å²) in [6.45, 7) is 6.25. The third-order valence-electron chi connectivity index (χ3n) is 8.16. The topological polar surface area (TPSA) is 130 Å². The number of hydrogen-bond donors (Lipinski definition) is 1. The average Bonchev–Trinajstić information content (AvgIpc) is 3.41. The van der Waals surface area contributed by atoms with Gasteiger partial charge in [0.2, 0.25) is 5.91 Å². The molecule has 2 saturated carbocycles. The Kier molecular flexibility index (Phi) is 11.9. The van der Waals surface area contributed by atoms with E-state index in [9.17, 15) is 14.4 Å². The number of carbonyl (C=O) groups is 3. The molecule has 1 atom stereocenters. The molecule has 0 bridgehead atoms. The van der Waals surface area contributed by atoms with Crippen molar-refractivity contribution in [2.75, 3.05) is 6.54 Å². The van der Waals surface area contributed by atoms with Gasteiger partial charge < -0.3 is 14.8 Å². The van der Waals surface area contributed by atoms with Crippen molar-refractivity contribution in [3.05, 3.63) is 46.3 Å². The Labute approximate surface area is 238 Å². The van der Waals surface area contributed by atoms with Gasteiger partial charge in [-0.15, -0.1) is 0 Å². The van der Waals surface area contributed by atoms with Gasteiger partial charge in [-0.1, -0.05) is 54.7 Å². The zero-order valence-corrected chi connectivity index (χ0v) is 24.4. The summed E-state index contributed by atoms with van der Waals surface area (Å²) in [5, 5.41) is 6.89. The molecule has 3 rings (SSSR count). The van der Waals surface area contributed by atoms with Crippen molar-refractivity contribution in [2.45, 2.75) is 116 Å². The van der Waals surface area contributed by atoms with Crippen LogP contribution >= 0.6 is 0 Å². The number of benzene rings is 1. The molecule has 9 heteroatoms. The molecule has 0 saturated heterocycles. The molecule has 0 spiro atoms. The third-order valence-corrected chi connectivity index (χ3v) is 8.16. The van der Waals surface area contributed by atoms with Gasteiger partial charge in [-0.25, -0.2) is 0 Å². The van der Waals surface area contributed by atoms with Crippen LogP contribution < -0.4 is 5.32 Å². The number of azide groups is 1. The van der Waals surface area contributed by atoms with Gasteiger partial charge in [-0.3, -0.25) is 14.4 Å². The maximum Gasteiger partial charge on any atom is 0.309 e. The number of nitrogens with zero attached hydrogens (tertiary/aromatic N) is 3. The molecule has 1 aromatic carbocycles. The second kappa shape index (κ2) is 15.1. The monoisotopic (exact) mass is 554 g/mol. The summed E-state index contributed by atoms with van der Waals surface area (Å²) in [6, 6.07) is 9.69. The van der Waals surface area contributed by atoms with Gasteiger partial charge in [-0.2, -0.15) is 0 Å². The normalized spacial score (nSPS) is 21.1. The molecule has 40 heavy (non-hydrogen) atoms. The molecule has 0 heterocycles. The van der Waals surface area contributed by atoms with Gasteiger partial charge >= 0.3 is 11.9 Å². The van der Waals surface area contributed by atoms with Crippen molar-refractivity contribution in [3.8, 4) is 0 Å². The predicted octanol–water partition coefficient (Wildman–Crippen LogP) is 6.79. The van der Waals surface area contributed by atoms with Crippen molar-refractivity contribution in [1.82, 2.24) is 5.32 Å². The van der Waals surface area contributed by atoms with E-state index in [-0.39, 0.29) is 42.3 Å². The summed E-state index contributed by atoms with van der Waals surface area (Å²) < 4.78 is 11.3. The quantitative estimate of drug-likeness (QED) is 0.0942. The highest BCUT2D eigenvalue weighted by atomic mass is 16.6. The molecule has 9 nitrogen and oxygen atoms in total. The molecular formula is C31H46N4O5.